The van der Waals surface area contributed by atoms with Gasteiger partial charge < -0.3 is 10.6 Å². The van der Waals surface area contributed by atoms with E-state index in [1.54, 1.807) is 0 Å². The summed E-state index contributed by atoms with van der Waals surface area (Å²) in [6, 6.07) is -0.0432. The van der Waals surface area contributed by atoms with Gasteiger partial charge in [0.15, 0.2) is 0 Å². The average molecular weight is 166 g/mol. The van der Waals surface area contributed by atoms with Crippen LogP contribution >= 0.6 is 0 Å². The van der Waals surface area contributed by atoms with Gasteiger partial charge in [0, 0.05) is 0 Å². The molecule has 1 amide bonds. The highest BCUT2D eigenvalue weighted by molar-refractivity contribution is 5.82. The normalized spacial score (nSPS) is 28.0. The molecule has 3 nitrogen and oxygen atoms in total. The molecule has 0 saturated carbocycles. The summed E-state index contributed by atoms with van der Waals surface area (Å²) in [5.74, 6) is 2.82. The Morgan fingerprint density at radius 3 is 3.08 bits per heavy atom. The second-order valence-corrected chi connectivity index (χ2v) is 3.12. The molecule has 12 heavy (non-hydrogen) atoms. The van der Waals surface area contributed by atoms with Gasteiger partial charge in [-0.15, -0.1) is 6.42 Å². The average Bonchev–Trinajstić information content (AvgIpc) is 2.47. The van der Waals surface area contributed by atoms with Crippen LogP contribution in [0.4, 0.5) is 0 Å². The molecule has 2 atom stereocenters. The minimum Gasteiger partial charge on any atom is -0.344 e. The number of nitrogens with one attached hydrogen (secondary N) is 2. The van der Waals surface area contributed by atoms with Crippen LogP contribution in [0.1, 0.15) is 13.3 Å². The van der Waals surface area contributed by atoms with Gasteiger partial charge in [0.05, 0.1) is 12.6 Å². The van der Waals surface area contributed by atoms with E-state index >= 15 is 0 Å². The summed E-state index contributed by atoms with van der Waals surface area (Å²) < 4.78 is 0. The number of hydrogen-bond donors (Lipinski definition) is 2. The molecular weight excluding hydrogens is 152 g/mol. The maximum Gasteiger partial charge on any atom is 0.238 e. The number of carbonyl (C=O) groups is 1. The van der Waals surface area contributed by atoms with Gasteiger partial charge in [-0.25, -0.2) is 0 Å². The van der Waals surface area contributed by atoms with Gasteiger partial charge in [-0.05, 0) is 18.9 Å². The smallest absolute Gasteiger partial charge is 0.238 e. The van der Waals surface area contributed by atoms with E-state index in [4.69, 9.17) is 6.42 Å². The summed E-state index contributed by atoms with van der Waals surface area (Å²) >= 11 is 0. The van der Waals surface area contributed by atoms with Crippen LogP contribution in [0, 0.1) is 18.3 Å². The van der Waals surface area contributed by atoms with Crippen molar-refractivity contribution >= 4 is 5.91 Å². The Kier molecular flexibility index (Phi) is 3.12. The molecule has 0 bridgehead atoms. The molecule has 0 spiro atoms. The van der Waals surface area contributed by atoms with Crippen LogP contribution in [0.2, 0.25) is 0 Å². The molecular formula is C9H14N2O. The van der Waals surface area contributed by atoms with Gasteiger partial charge in [-0.2, -0.15) is 0 Å². The third-order valence-corrected chi connectivity index (χ3v) is 2.18. The van der Waals surface area contributed by atoms with Gasteiger partial charge in [0.25, 0.3) is 0 Å². The van der Waals surface area contributed by atoms with Crippen molar-refractivity contribution in [2.45, 2.75) is 19.4 Å². The molecule has 1 rings (SSSR count). The first kappa shape index (κ1) is 9.08. The highest BCUT2D eigenvalue weighted by atomic mass is 16.2. The second-order valence-electron chi connectivity index (χ2n) is 3.12. The molecule has 1 fully saturated rings. The molecule has 0 aromatic carbocycles. The van der Waals surface area contributed by atoms with Crippen LogP contribution in [0.3, 0.4) is 0 Å². The molecule has 2 N–H and O–H groups in total. The third-order valence-electron chi connectivity index (χ3n) is 2.18. The Morgan fingerprint density at radius 1 is 1.83 bits per heavy atom. The number of rotatable bonds is 2. The van der Waals surface area contributed by atoms with Gasteiger partial charge in [0.1, 0.15) is 0 Å². The van der Waals surface area contributed by atoms with Crippen LogP contribution in [-0.2, 0) is 4.79 Å². The quantitative estimate of drug-likeness (QED) is 0.555. The van der Waals surface area contributed by atoms with Crippen LogP contribution < -0.4 is 10.6 Å². The lowest BCUT2D eigenvalue weighted by Crippen LogP contribution is -2.43. The molecule has 2 unspecified atom stereocenters. The predicted octanol–water partition coefficient (Wildman–Crippen LogP) is -0.266. The first-order valence-electron chi connectivity index (χ1n) is 4.20. The van der Waals surface area contributed by atoms with E-state index in [2.05, 4.69) is 23.5 Å². The van der Waals surface area contributed by atoms with Gasteiger partial charge in [0.2, 0.25) is 5.91 Å². The standard InChI is InChI=1S/C9H14N2O/c1-3-5-11-9(12)8-7(2)4-6-10-8/h1,7-8,10H,4-6H2,2H3,(H,11,12). The molecule has 0 aromatic rings. The van der Waals surface area contributed by atoms with E-state index in [0.29, 0.717) is 12.5 Å². The lowest BCUT2D eigenvalue weighted by atomic mass is 10.0. The molecule has 66 valence electrons. The summed E-state index contributed by atoms with van der Waals surface area (Å²) in [5, 5.41) is 5.80. The monoisotopic (exact) mass is 166 g/mol. The summed E-state index contributed by atoms with van der Waals surface area (Å²) in [6.07, 6.45) is 6.09. The van der Waals surface area contributed by atoms with E-state index in [-0.39, 0.29) is 11.9 Å². The lowest BCUT2D eigenvalue weighted by molar-refractivity contribution is -0.123. The molecule has 0 aromatic heterocycles. The SMILES string of the molecule is C#CCNC(=O)C1NCCC1C. The molecule has 3 heteroatoms. The van der Waals surface area contributed by atoms with E-state index in [1.165, 1.54) is 0 Å². The number of amides is 1. The van der Waals surface area contributed by atoms with Crippen molar-refractivity contribution in [3.05, 3.63) is 0 Å². The van der Waals surface area contributed by atoms with Gasteiger partial charge in [-0.1, -0.05) is 12.8 Å². The van der Waals surface area contributed by atoms with Crippen LogP contribution in [0.5, 0.6) is 0 Å². The maximum atomic E-state index is 11.3. The zero-order chi connectivity index (χ0) is 8.97. The molecule has 0 radical (unpaired) electrons. The van der Waals surface area contributed by atoms with Crippen LogP contribution in [-0.4, -0.2) is 25.0 Å². The first-order chi connectivity index (χ1) is 5.75. The van der Waals surface area contributed by atoms with E-state index in [1.807, 2.05) is 0 Å². The van der Waals surface area contributed by atoms with Crippen molar-refractivity contribution in [1.29, 1.82) is 0 Å². The molecule has 1 heterocycles. The third kappa shape index (κ3) is 1.99. The summed E-state index contributed by atoms with van der Waals surface area (Å²) in [5.41, 5.74) is 0. The fourth-order valence-electron chi connectivity index (χ4n) is 1.43. The highest BCUT2D eigenvalue weighted by Crippen LogP contribution is 2.13. The molecule has 1 saturated heterocycles. The summed E-state index contributed by atoms with van der Waals surface area (Å²) in [6.45, 7) is 3.32. The Balaban J connectivity index is 2.37. The number of carbonyl (C=O) groups excluding carboxylic acids is 1. The second kappa shape index (κ2) is 4.13. The largest absolute Gasteiger partial charge is 0.344 e. The van der Waals surface area contributed by atoms with E-state index in [0.717, 1.165) is 13.0 Å². The Bertz CT molecular complexity index is 207. The Morgan fingerprint density at radius 2 is 2.58 bits per heavy atom. The topological polar surface area (TPSA) is 41.1 Å². The molecule has 0 aliphatic carbocycles. The Hall–Kier alpha value is -1.01. The number of terminal acetylenes is 1. The predicted molar refractivity (Wildman–Crippen MR) is 47.4 cm³/mol. The van der Waals surface area contributed by atoms with Gasteiger partial charge in [-0.3, -0.25) is 4.79 Å². The minimum atomic E-state index is -0.0432. The van der Waals surface area contributed by atoms with Crippen molar-refractivity contribution < 1.29 is 4.79 Å². The van der Waals surface area contributed by atoms with Gasteiger partial charge >= 0.3 is 0 Å². The Labute approximate surface area is 72.9 Å². The van der Waals surface area contributed by atoms with Crippen molar-refractivity contribution in [2.24, 2.45) is 5.92 Å². The van der Waals surface area contributed by atoms with Crippen molar-refractivity contribution in [3.8, 4) is 12.3 Å². The molecule has 1 aliphatic heterocycles. The zero-order valence-electron chi connectivity index (χ0n) is 7.26. The first-order valence-corrected chi connectivity index (χ1v) is 4.20. The van der Waals surface area contributed by atoms with E-state index < -0.39 is 0 Å². The van der Waals surface area contributed by atoms with E-state index in [9.17, 15) is 4.79 Å². The summed E-state index contributed by atoms with van der Waals surface area (Å²) in [4.78, 5) is 11.3. The fourth-order valence-corrected chi connectivity index (χ4v) is 1.43. The maximum absolute atomic E-state index is 11.3. The van der Waals surface area contributed by atoms with Crippen molar-refractivity contribution in [2.75, 3.05) is 13.1 Å². The minimum absolute atomic E-state index is 0.0259. The fraction of sp³-hybridized carbons (Fsp3) is 0.667. The summed E-state index contributed by atoms with van der Waals surface area (Å²) in [7, 11) is 0. The van der Waals surface area contributed by atoms with Crippen LogP contribution in [0.25, 0.3) is 0 Å². The number of hydrogen-bond acceptors (Lipinski definition) is 2. The van der Waals surface area contributed by atoms with Crippen molar-refractivity contribution in [3.63, 3.8) is 0 Å². The lowest BCUT2D eigenvalue weighted by Gasteiger charge is -2.13. The molecule has 1 aliphatic rings. The van der Waals surface area contributed by atoms with Crippen molar-refractivity contribution in [1.82, 2.24) is 10.6 Å². The zero-order valence-corrected chi connectivity index (χ0v) is 7.26. The van der Waals surface area contributed by atoms with Crippen LogP contribution in [0.15, 0.2) is 0 Å². The highest BCUT2D eigenvalue weighted by Gasteiger charge is 2.28.